The highest BCUT2D eigenvalue weighted by Crippen LogP contribution is 2.14. The molecule has 2 heteroatoms. The number of aryl methyl sites for hydroxylation is 3. The predicted octanol–water partition coefficient (Wildman–Crippen LogP) is 2.03. The number of rotatable bonds is 3. The SMILES string of the molecule is Cc1cc(CCC=O)c(C)o1. The largest absolute Gasteiger partial charge is 0.466 e. The van der Waals surface area contributed by atoms with E-state index in [9.17, 15) is 4.79 Å². The molecule has 0 bridgehead atoms. The highest BCUT2D eigenvalue weighted by Gasteiger charge is 2.02. The van der Waals surface area contributed by atoms with Crippen LogP contribution in [0.1, 0.15) is 23.5 Å². The molecule has 0 aliphatic heterocycles. The van der Waals surface area contributed by atoms with Gasteiger partial charge in [-0.2, -0.15) is 0 Å². The van der Waals surface area contributed by atoms with Gasteiger partial charge in [-0.15, -0.1) is 0 Å². The van der Waals surface area contributed by atoms with Crippen molar-refractivity contribution >= 4 is 6.29 Å². The fourth-order valence-electron chi connectivity index (χ4n) is 1.15. The van der Waals surface area contributed by atoms with E-state index in [0.717, 1.165) is 29.8 Å². The summed E-state index contributed by atoms with van der Waals surface area (Å²) in [5, 5.41) is 0. The first kappa shape index (κ1) is 8.05. The maximum atomic E-state index is 10.1. The Kier molecular flexibility index (Phi) is 2.47. The second kappa shape index (κ2) is 3.37. The molecular formula is C9H12O2. The third-order valence-corrected chi connectivity index (χ3v) is 1.68. The maximum Gasteiger partial charge on any atom is 0.120 e. The van der Waals surface area contributed by atoms with Crippen LogP contribution in [0, 0.1) is 13.8 Å². The van der Waals surface area contributed by atoms with Crippen LogP contribution < -0.4 is 0 Å². The molecule has 0 atom stereocenters. The number of aldehydes is 1. The summed E-state index contributed by atoms with van der Waals surface area (Å²) in [6.07, 6.45) is 2.31. The van der Waals surface area contributed by atoms with Crippen molar-refractivity contribution in [1.29, 1.82) is 0 Å². The van der Waals surface area contributed by atoms with E-state index >= 15 is 0 Å². The van der Waals surface area contributed by atoms with Crippen molar-refractivity contribution in [3.63, 3.8) is 0 Å². The van der Waals surface area contributed by atoms with Crippen LogP contribution in [0.4, 0.5) is 0 Å². The van der Waals surface area contributed by atoms with Crippen molar-refractivity contribution in [2.45, 2.75) is 26.7 Å². The van der Waals surface area contributed by atoms with Crippen LogP contribution in [0.2, 0.25) is 0 Å². The number of hydrogen-bond donors (Lipinski definition) is 0. The molecule has 0 unspecified atom stereocenters. The van der Waals surface area contributed by atoms with E-state index in [1.165, 1.54) is 0 Å². The Bertz CT molecular complexity index is 248. The first-order valence-corrected chi connectivity index (χ1v) is 3.73. The van der Waals surface area contributed by atoms with Crippen LogP contribution in [-0.2, 0) is 11.2 Å². The van der Waals surface area contributed by atoms with Crippen LogP contribution >= 0.6 is 0 Å². The molecule has 0 aliphatic rings. The second-order valence-electron chi connectivity index (χ2n) is 2.64. The van der Waals surface area contributed by atoms with E-state index in [1.54, 1.807) is 0 Å². The molecule has 0 fully saturated rings. The lowest BCUT2D eigenvalue weighted by Gasteiger charge is -1.90. The summed E-state index contributed by atoms with van der Waals surface area (Å²) < 4.78 is 5.30. The fourth-order valence-corrected chi connectivity index (χ4v) is 1.15. The summed E-state index contributed by atoms with van der Waals surface area (Å²) in [6, 6.07) is 1.98. The lowest BCUT2D eigenvalue weighted by Crippen LogP contribution is -1.84. The minimum absolute atomic E-state index is 0.583. The minimum atomic E-state index is 0.583. The second-order valence-corrected chi connectivity index (χ2v) is 2.64. The van der Waals surface area contributed by atoms with E-state index in [0.29, 0.717) is 6.42 Å². The molecule has 0 radical (unpaired) electrons. The van der Waals surface area contributed by atoms with E-state index in [2.05, 4.69) is 0 Å². The highest BCUT2D eigenvalue weighted by molar-refractivity contribution is 5.50. The highest BCUT2D eigenvalue weighted by atomic mass is 16.3. The van der Waals surface area contributed by atoms with Crippen LogP contribution in [0.25, 0.3) is 0 Å². The van der Waals surface area contributed by atoms with Gasteiger partial charge in [0.15, 0.2) is 0 Å². The van der Waals surface area contributed by atoms with Gasteiger partial charge in [0, 0.05) is 6.42 Å². The van der Waals surface area contributed by atoms with E-state index in [-0.39, 0.29) is 0 Å². The zero-order chi connectivity index (χ0) is 8.27. The van der Waals surface area contributed by atoms with Crippen molar-refractivity contribution in [1.82, 2.24) is 0 Å². The van der Waals surface area contributed by atoms with Gasteiger partial charge in [-0.05, 0) is 31.9 Å². The Labute approximate surface area is 66.2 Å². The van der Waals surface area contributed by atoms with Gasteiger partial charge in [0.1, 0.15) is 17.8 Å². The zero-order valence-electron chi connectivity index (χ0n) is 6.89. The average Bonchev–Trinajstić information content (AvgIpc) is 2.26. The summed E-state index contributed by atoms with van der Waals surface area (Å²) >= 11 is 0. The lowest BCUT2D eigenvalue weighted by molar-refractivity contribution is -0.107. The maximum absolute atomic E-state index is 10.1. The molecule has 1 heterocycles. The van der Waals surface area contributed by atoms with Crippen LogP contribution in [0.15, 0.2) is 10.5 Å². The molecule has 1 rings (SSSR count). The number of carbonyl (C=O) groups is 1. The number of furan rings is 1. The van der Waals surface area contributed by atoms with Gasteiger partial charge in [0.25, 0.3) is 0 Å². The lowest BCUT2D eigenvalue weighted by atomic mass is 10.1. The first-order chi connectivity index (χ1) is 5.24. The average molecular weight is 152 g/mol. The molecule has 2 nitrogen and oxygen atoms in total. The Balaban J connectivity index is 2.69. The quantitative estimate of drug-likeness (QED) is 0.620. The molecule has 0 spiro atoms. The molecule has 0 N–H and O–H groups in total. The van der Waals surface area contributed by atoms with Gasteiger partial charge in [-0.1, -0.05) is 0 Å². The zero-order valence-corrected chi connectivity index (χ0v) is 6.89. The normalized spacial score (nSPS) is 10.0. The molecule has 1 aromatic rings. The molecule has 0 aromatic carbocycles. The Morgan fingerprint density at radius 1 is 1.55 bits per heavy atom. The van der Waals surface area contributed by atoms with Gasteiger partial charge in [0.2, 0.25) is 0 Å². The van der Waals surface area contributed by atoms with Gasteiger partial charge in [-0.25, -0.2) is 0 Å². The molecule has 11 heavy (non-hydrogen) atoms. The topological polar surface area (TPSA) is 30.2 Å². The Hall–Kier alpha value is -1.05. The summed E-state index contributed by atoms with van der Waals surface area (Å²) in [5.41, 5.74) is 1.15. The molecule has 0 aliphatic carbocycles. The summed E-state index contributed by atoms with van der Waals surface area (Å²) in [7, 11) is 0. The fraction of sp³-hybridized carbons (Fsp3) is 0.444. The third kappa shape index (κ3) is 1.93. The van der Waals surface area contributed by atoms with Gasteiger partial charge < -0.3 is 9.21 Å². The molecular weight excluding hydrogens is 140 g/mol. The van der Waals surface area contributed by atoms with Crippen molar-refractivity contribution in [2.75, 3.05) is 0 Å². The minimum Gasteiger partial charge on any atom is -0.466 e. The van der Waals surface area contributed by atoms with E-state index in [1.807, 2.05) is 19.9 Å². The van der Waals surface area contributed by atoms with Gasteiger partial charge in [-0.3, -0.25) is 0 Å². The number of carbonyl (C=O) groups excluding carboxylic acids is 1. The van der Waals surface area contributed by atoms with E-state index in [4.69, 9.17) is 4.42 Å². The first-order valence-electron chi connectivity index (χ1n) is 3.73. The van der Waals surface area contributed by atoms with Crippen molar-refractivity contribution in [3.8, 4) is 0 Å². The van der Waals surface area contributed by atoms with Crippen molar-refractivity contribution in [2.24, 2.45) is 0 Å². The van der Waals surface area contributed by atoms with E-state index < -0.39 is 0 Å². The van der Waals surface area contributed by atoms with Crippen molar-refractivity contribution < 1.29 is 9.21 Å². The Morgan fingerprint density at radius 2 is 2.27 bits per heavy atom. The van der Waals surface area contributed by atoms with Crippen LogP contribution in [0.5, 0.6) is 0 Å². The summed E-state index contributed by atoms with van der Waals surface area (Å²) in [6.45, 7) is 3.84. The smallest absolute Gasteiger partial charge is 0.120 e. The number of hydrogen-bond acceptors (Lipinski definition) is 2. The Morgan fingerprint density at radius 3 is 2.73 bits per heavy atom. The standard InChI is InChI=1S/C9H12O2/c1-7-6-9(4-3-5-10)8(2)11-7/h5-6H,3-4H2,1-2H3. The predicted molar refractivity (Wildman–Crippen MR) is 42.6 cm³/mol. The summed E-state index contributed by atoms with van der Waals surface area (Å²) in [5.74, 6) is 1.85. The molecule has 1 aromatic heterocycles. The van der Waals surface area contributed by atoms with Crippen molar-refractivity contribution in [3.05, 3.63) is 23.2 Å². The van der Waals surface area contributed by atoms with Crippen LogP contribution in [0.3, 0.4) is 0 Å². The van der Waals surface area contributed by atoms with Gasteiger partial charge in [0.05, 0.1) is 0 Å². The molecule has 0 saturated carbocycles. The summed E-state index contributed by atoms with van der Waals surface area (Å²) in [4.78, 5) is 10.1. The van der Waals surface area contributed by atoms with Crippen LogP contribution in [-0.4, -0.2) is 6.29 Å². The molecule has 60 valence electrons. The third-order valence-electron chi connectivity index (χ3n) is 1.68. The monoisotopic (exact) mass is 152 g/mol. The molecule has 0 amide bonds. The molecule has 0 saturated heterocycles. The van der Waals surface area contributed by atoms with Gasteiger partial charge >= 0.3 is 0 Å².